The van der Waals surface area contributed by atoms with Crippen LogP contribution in [0.25, 0.3) is 0 Å². The molecule has 0 radical (unpaired) electrons. The lowest BCUT2D eigenvalue weighted by atomic mass is 10.1. The normalized spacial score (nSPS) is 11.5. The SMILES string of the molecule is CCc1ncnc(Cl)c1C#Cc1cnc(C)c(N[S+](C)[O-])c1. The van der Waals surface area contributed by atoms with Crippen LogP contribution in [0, 0.1) is 18.8 Å². The number of anilines is 1. The Morgan fingerprint density at radius 1 is 1.32 bits per heavy atom. The van der Waals surface area contributed by atoms with Crippen LogP contribution >= 0.6 is 11.6 Å². The molecule has 5 nitrogen and oxygen atoms in total. The Morgan fingerprint density at radius 2 is 2.09 bits per heavy atom. The van der Waals surface area contributed by atoms with Crippen molar-refractivity contribution in [1.29, 1.82) is 0 Å². The van der Waals surface area contributed by atoms with E-state index in [2.05, 4.69) is 31.5 Å². The van der Waals surface area contributed by atoms with Crippen LogP contribution in [0.1, 0.15) is 29.4 Å². The number of nitrogens with one attached hydrogen (secondary N) is 1. The molecule has 0 amide bonds. The summed E-state index contributed by atoms with van der Waals surface area (Å²) in [6.07, 6.45) is 5.38. The Morgan fingerprint density at radius 3 is 2.77 bits per heavy atom. The number of rotatable bonds is 3. The van der Waals surface area contributed by atoms with E-state index in [1.165, 1.54) is 6.33 Å². The van der Waals surface area contributed by atoms with Gasteiger partial charge in [0.1, 0.15) is 23.4 Å². The first kappa shape index (κ1) is 16.6. The quantitative estimate of drug-likeness (QED) is 0.530. The van der Waals surface area contributed by atoms with E-state index in [1.54, 1.807) is 18.5 Å². The number of aryl methyl sites for hydroxylation is 2. The molecule has 2 rings (SSSR count). The third-order valence-corrected chi connectivity index (χ3v) is 3.68. The second-order valence-corrected chi connectivity index (χ2v) is 5.97. The molecule has 7 heteroatoms. The molecule has 0 spiro atoms. The van der Waals surface area contributed by atoms with E-state index in [0.29, 0.717) is 22.0 Å². The number of aromatic nitrogens is 3. The Hall–Kier alpha value is -1.81. The predicted octanol–water partition coefficient (Wildman–Crippen LogP) is 2.50. The van der Waals surface area contributed by atoms with Crippen molar-refractivity contribution < 1.29 is 4.55 Å². The molecule has 0 aliphatic heterocycles. The van der Waals surface area contributed by atoms with E-state index < -0.39 is 11.4 Å². The first-order valence-corrected chi connectivity index (χ1v) is 8.53. The molecule has 2 aromatic rings. The van der Waals surface area contributed by atoms with E-state index in [9.17, 15) is 4.55 Å². The maximum atomic E-state index is 11.3. The highest BCUT2D eigenvalue weighted by Crippen LogP contribution is 2.17. The van der Waals surface area contributed by atoms with Crippen molar-refractivity contribution in [2.24, 2.45) is 0 Å². The summed E-state index contributed by atoms with van der Waals surface area (Å²) in [5.41, 5.74) is 3.58. The van der Waals surface area contributed by atoms with Gasteiger partial charge >= 0.3 is 0 Å². The summed E-state index contributed by atoms with van der Waals surface area (Å²) in [4.78, 5) is 12.4. The molecule has 0 fully saturated rings. The second kappa shape index (κ2) is 7.45. The fourth-order valence-electron chi connectivity index (χ4n) is 1.78. The Balaban J connectivity index is 2.37. The summed E-state index contributed by atoms with van der Waals surface area (Å²) in [7, 11) is 0. The lowest BCUT2D eigenvalue weighted by molar-refractivity contribution is 0.605. The molecule has 0 aromatic carbocycles. The van der Waals surface area contributed by atoms with Crippen LogP contribution in [0.5, 0.6) is 0 Å². The van der Waals surface area contributed by atoms with E-state index in [4.69, 9.17) is 11.6 Å². The summed E-state index contributed by atoms with van der Waals surface area (Å²) >= 11 is 4.91. The molecule has 0 bridgehead atoms. The van der Waals surface area contributed by atoms with E-state index in [1.807, 2.05) is 13.8 Å². The molecule has 0 saturated carbocycles. The summed E-state index contributed by atoms with van der Waals surface area (Å²) < 4.78 is 14.1. The highest BCUT2D eigenvalue weighted by molar-refractivity contribution is 7.92. The van der Waals surface area contributed by atoms with Gasteiger partial charge in [-0.25, -0.2) is 14.7 Å². The number of hydrogen-bond donors (Lipinski definition) is 1. The minimum atomic E-state index is -1.16. The van der Waals surface area contributed by atoms with Crippen LogP contribution in [0.3, 0.4) is 0 Å². The average molecular weight is 335 g/mol. The summed E-state index contributed by atoms with van der Waals surface area (Å²) in [5.74, 6) is 6.00. The fraction of sp³-hybridized carbons (Fsp3) is 0.267. The Kier molecular flexibility index (Phi) is 5.61. The first-order chi connectivity index (χ1) is 10.5. The van der Waals surface area contributed by atoms with Crippen molar-refractivity contribution in [1.82, 2.24) is 15.0 Å². The second-order valence-electron chi connectivity index (χ2n) is 4.50. The van der Waals surface area contributed by atoms with Gasteiger partial charge in [-0.05, 0) is 19.4 Å². The summed E-state index contributed by atoms with van der Waals surface area (Å²) in [6, 6.07) is 1.81. The van der Waals surface area contributed by atoms with Gasteiger partial charge in [0.05, 0.1) is 28.3 Å². The van der Waals surface area contributed by atoms with Crippen molar-refractivity contribution in [2.75, 3.05) is 11.0 Å². The van der Waals surface area contributed by atoms with Gasteiger partial charge in [-0.3, -0.25) is 4.98 Å². The molecule has 1 atom stereocenters. The third-order valence-electron chi connectivity index (χ3n) is 2.89. The maximum Gasteiger partial charge on any atom is 0.148 e. The summed E-state index contributed by atoms with van der Waals surface area (Å²) in [6.45, 7) is 3.82. The van der Waals surface area contributed by atoms with Gasteiger partial charge < -0.3 is 4.55 Å². The van der Waals surface area contributed by atoms with Crippen LogP contribution < -0.4 is 4.72 Å². The van der Waals surface area contributed by atoms with Crippen molar-refractivity contribution in [3.05, 3.63) is 46.3 Å². The zero-order chi connectivity index (χ0) is 16.1. The molecule has 114 valence electrons. The Bertz CT molecular complexity index is 740. The standard InChI is InChI=1S/C15H15ClN4OS/c1-4-13-12(15(16)19-9-18-13)6-5-11-7-14(20-22(3)21)10(2)17-8-11/h7-9,20H,4H2,1-3H3. The van der Waals surface area contributed by atoms with Gasteiger partial charge in [0.25, 0.3) is 0 Å². The van der Waals surface area contributed by atoms with Crippen molar-refractivity contribution in [3.8, 4) is 11.8 Å². The van der Waals surface area contributed by atoms with Gasteiger partial charge in [-0.2, -0.15) is 0 Å². The number of hydrogen-bond acceptors (Lipinski definition) is 5. The smallest absolute Gasteiger partial charge is 0.148 e. The van der Waals surface area contributed by atoms with E-state index in [-0.39, 0.29) is 0 Å². The molecule has 0 aliphatic carbocycles. The van der Waals surface area contributed by atoms with Gasteiger partial charge in [0, 0.05) is 11.8 Å². The monoisotopic (exact) mass is 334 g/mol. The highest BCUT2D eigenvalue weighted by Gasteiger charge is 2.07. The molecule has 22 heavy (non-hydrogen) atoms. The van der Waals surface area contributed by atoms with Crippen LogP contribution in [0.4, 0.5) is 5.69 Å². The number of nitrogens with zero attached hydrogens (tertiary/aromatic N) is 3. The molecule has 0 saturated heterocycles. The van der Waals surface area contributed by atoms with Crippen LogP contribution in [-0.2, 0) is 17.8 Å². The van der Waals surface area contributed by atoms with E-state index in [0.717, 1.165) is 17.8 Å². The van der Waals surface area contributed by atoms with Crippen LogP contribution in [0.15, 0.2) is 18.6 Å². The molecule has 2 heterocycles. The lowest BCUT2D eigenvalue weighted by Crippen LogP contribution is -2.11. The van der Waals surface area contributed by atoms with Crippen LogP contribution in [0.2, 0.25) is 5.15 Å². The lowest BCUT2D eigenvalue weighted by Gasteiger charge is -2.09. The minimum absolute atomic E-state index is 0.340. The molecular weight excluding hydrogens is 320 g/mol. The van der Waals surface area contributed by atoms with Crippen molar-refractivity contribution >= 4 is 28.7 Å². The van der Waals surface area contributed by atoms with Gasteiger partial charge in [0.2, 0.25) is 0 Å². The minimum Gasteiger partial charge on any atom is -0.593 e. The van der Waals surface area contributed by atoms with Crippen LogP contribution in [-0.4, -0.2) is 25.8 Å². The topological polar surface area (TPSA) is 73.8 Å². The van der Waals surface area contributed by atoms with Crippen molar-refractivity contribution in [3.63, 3.8) is 0 Å². The fourth-order valence-corrected chi connectivity index (χ4v) is 2.50. The number of halogens is 1. The zero-order valence-corrected chi connectivity index (χ0v) is 14.0. The van der Waals surface area contributed by atoms with Gasteiger partial charge in [0.15, 0.2) is 0 Å². The first-order valence-electron chi connectivity index (χ1n) is 6.59. The molecule has 0 aliphatic rings. The van der Waals surface area contributed by atoms with Crippen molar-refractivity contribution in [2.45, 2.75) is 20.3 Å². The maximum absolute atomic E-state index is 11.3. The third kappa shape index (κ3) is 4.10. The zero-order valence-electron chi connectivity index (χ0n) is 12.5. The highest BCUT2D eigenvalue weighted by atomic mass is 35.5. The Labute approximate surface area is 137 Å². The molecular formula is C15H15ClN4OS. The van der Waals surface area contributed by atoms with Gasteiger partial charge in [-0.1, -0.05) is 30.4 Å². The largest absolute Gasteiger partial charge is 0.593 e. The van der Waals surface area contributed by atoms with Gasteiger partial charge in [-0.15, -0.1) is 0 Å². The molecule has 1 N–H and O–H groups in total. The molecule has 2 aromatic heterocycles. The summed E-state index contributed by atoms with van der Waals surface area (Å²) in [5, 5.41) is 0.340. The molecule has 1 unspecified atom stereocenters. The predicted molar refractivity (Wildman–Crippen MR) is 89.1 cm³/mol. The average Bonchev–Trinajstić information content (AvgIpc) is 2.48. The number of pyridine rings is 1. The van der Waals surface area contributed by atoms with E-state index >= 15 is 0 Å².